The summed E-state index contributed by atoms with van der Waals surface area (Å²) in [5.41, 5.74) is 2.55. The van der Waals surface area contributed by atoms with Gasteiger partial charge in [-0.25, -0.2) is 4.18 Å². The van der Waals surface area contributed by atoms with Gasteiger partial charge in [-0.2, -0.15) is 8.42 Å². The number of amides is 2. The fourth-order valence-electron chi connectivity index (χ4n) is 5.83. The zero-order chi connectivity index (χ0) is 40.0. The number of aliphatic hydroxyl groups excluding tert-OH is 7. The van der Waals surface area contributed by atoms with Crippen molar-refractivity contribution in [1.82, 2.24) is 5.32 Å². The summed E-state index contributed by atoms with van der Waals surface area (Å²) >= 11 is 0. The van der Waals surface area contributed by atoms with Crippen molar-refractivity contribution >= 4 is 22.2 Å². The fraction of sp³-hybridized carbons (Fsp3) is 0.562. The Morgan fingerprint density at radius 1 is 0.833 bits per heavy atom. The lowest BCUT2D eigenvalue weighted by atomic mass is 9.91. The Kier molecular flexibility index (Phi) is 15.0. The number of primary amides is 1. The first-order valence-corrected chi connectivity index (χ1v) is 17.8. The largest absolute Gasteiger partial charge is 0.397 e. The number of benzene rings is 2. The van der Waals surface area contributed by atoms with Crippen LogP contribution in [0.1, 0.15) is 34.1 Å². The third kappa shape index (κ3) is 10.5. The van der Waals surface area contributed by atoms with Gasteiger partial charge in [0.05, 0.1) is 19.3 Å². The van der Waals surface area contributed by atoms with Crippen molar-refractivity contribution in [3.63, 3.8) is 0 Å². The zero-order valence-corrected chi connectivity index (χ0v) is 29.3. The van der Waals surface area contributed by atoms with E-state index in [4.69, 9.17) is 34.0 Å². The summed E-state index contributed by atoms with van der Waals surface area (Å²) < 4.78 is 64.4. The van der Waals surface area contributed by atoms with Gasteiger partial charge < -0.3 is 75.6 Å². The van der Waals surface area contributed by atoms with Crippen LogP contribution in [0.5, 0.6) is 0 Å². The Morgan fingerprint density at radius 3 is 1.93 bits per heavy atom. The van der Waals surface area contributed by atoms with Gasteiger partial charge in [0.2, 0.25) is 17.9 Å². The van der Waals surface area contributed by atoms with Gasteiger partial charge in [0.1, 0.15) is 54.9 Å². The summed E-state index contributed by atoms with van der Waals surface area (Å²) in [6.07, 6.45) is -23.6. The molecule has 3 fully saturated rings. The molecule has 0 aliphatic carbocycles. The molecule has 3 aliphatic rings. The molecular weight excluding hydrogens is 748 g/mol. The molecule has 3 aliphatic heterocycles. The second kappa shape index (κ2) is 18.6. The van der Waals surface area contributed by atoms with Gasteiger partial charge in [-0.1, -0.05) is 36.4 Å². The molecule has 0 aromatic heterocycles. The van der Waals surface area contributed by atoms with E-state index < -0.39 is 122 Å². The van der Waals surface area contributed by atoms with E-state index in [1.54, 1.807) is 30.3 Å². The molecule has 12 N–H and O–H groups in total. The minimum absolute atomic E-state index is 0.000310. The third-order valence-electron chi connectivity index (χ3n) is 8.70. The number of hydrogen-bond acceptors (Lipinski definition) is 18. The first-order valence-electron chi connectivity index (χ1n) is 16.4. The van der Waals surface area contributed by atoms with Crippen molar-refractivity contribution in [1.29, 1.82) is 0 Å². The van der Waals surface area contributed by atoms with E-state index in [-0.39, 0.29) is 11.5 Å². The molecule has 2 amide bonds. The van der Waals surface area contributed by atoms with E-state index in [9.17, 15) is 58.9 Å². The highest BCUT2D eigenvalue weighted by Gasteiger charge is 2.60. The Balaban J connectivity index is 0.000000631. The van der Waals surface area contributed by atoms with Crippen LogP contribution in [0.2, 0.25) is 0 Å². The lowest BCUT2D eigenvalue weighted by Crippen LogP contribution is -2.76. The second-order valence-corrected chi connectivity index (χ2v) is 13.5. The molecular formula is C32H44N2O19S. The first kappa shape index (κ1) is 43.5. The Labute approximate surface area is 308 Å². The van der Waals surface area contributed by atoms with Gasteiger partial charge in [0.25, 0.3) is 5.91 Å². The number of carbonyl (C=O) groups excluding carboxylic acids is 2. The van der Waals surface area contributed by atoms with Gasteiger partial charge in [-0.15, -0.1) is 0 Å². The highest BCUT2D eigenvalue weighted by molar-refractivity contribution is 7.80. The molecule has 0 bridgehead atoms. The first-order chi connectivity index (χ1) is 25.4. The van der Waals surface area contributed by atoms with Gasteiger partial charge in [-0.05, 0) is 31.2 Å². The molecule has 2 aromatic carbocycles. The van der Waals surface area contributed by atoms with E-state index >= 15 is 0 Å². The van der Waals surface area contributed by atoms with Crippen molar-refractivity contribution in [3.05, 3.63) is 71.8 Å². The average Bonchev–Trinajstić information content (AvgIpc) is 3.14. The number of hydrogen-bond donors (Lipinski definition) is 11. The minimum atomic E-state index is -5.13. The number of ether oxygens (including phenoxy) is 5. The molecule has 0 radical (unpaired) electrons. The standard InChI is InChI=1S/C25H37NO18S.C7H7NO/c1-10-16(29)18(31)19(32)23(39-10)43-21-20(42-15-7-12(44-45(36,37)38)17(30)13(8-27)40-15)14(9-28)41-24(34)25(21,35)26-22(33)11-5-3-2-4-6-11;8-7(9)6-4-2-1-3-5-6/h2-6,10,12-21,23-24,27-32,34-35H,7-9H2,1H3,(H,26,33)(H,36,37,38);1-5H,(H2,8,9)/t10-,12+,13+,14+,15-,16+,17+,18+,19-,20+,21-,23-,24+,25+;/m0./s1. The van der Waals surface area contributed by atoms with Crippen LogP contribution in [0.3, 0.4) is 0 Å². The minimum Gasteiger partial charge on any atom is -0.394 e. The highest BCUT2D eigenvalue weighted by atomic mass is 32.3. The molecule has 302 valence electrons. The molecule has 0 saturated carbocycles. The lowest BCUT2D eigenvalue weighted by molar-refractivity contribution is -0.398. The summed E-state index contributed by atoms with van der Waals surface area (Å²) in [4.78, 5) is 23.6. The maximum Gasteiger partial charge on any atom is 0.397 e. The molecule has 0 spiro atoms. The Hall–Kier alpha value is -3.27. The van der Waals surface area contributed by atoms with Gasteiger partial charge >= 0.3 is 10.4 Å². The van der Waals surface area contributed by atoms with Crippen molar-refractivity contribution < 1.29 is 91.3 Å². The summed E-state index contributed by atoms with van der Waals surface area (Å²) in [7, 11) is -5.13. The van der Waals surface area contributed by atoms with E-state index in [0.717, 1.165) is 0 Å². The van der Waals surface area contributed by atoms with Crippen LogP contribution in [0, 0.1) is 0 Å². The maximum absolute atomic E-state index is 13.1. The normalized spacial score (nSPS) is 37.0. The molecule has 14 atom stereocenters. The summed E-state index contributed by atoms with van der Waals surface area (Å²) in [5.74, 6) is -1.35. The molecule has 3 saturated heterocycles. The lowest BCUT2D eigenvalue weighted by Gasteiger charge is -2.52. The zero-order valence-electron chi connectivity index (χ0n) is 28.5. The molecule has 21 nitrogen and oxygen atoms in total. The molecule has 3 heterocycles. The Morgan fingerprint density at radius 2 is 1.41 bits per heavy atom. The molecule has 2 aromatic rings. The number of carbonyl (C=O) groups is 2. The highest BCUT2D eigenvalue weighted by Crippen LogP contribution is 2.37. The van der Waals surface area contributed by atoms with Crippen molar-refractivity contribution in [3.8, 4) is 0 Å². The van der Waals surface area contributed by atoms with E-state index in [2.05, 4.69) is 9.50 Å². The molecule has 0 unspecified atom stereocenters. The van der Waals surface area contributed by atoms with Gasteiger partial charge in [-0.3, -0.25) is 14.1 Å². The monoisotopic (exact) mass is 792 g/mol. The predicted octanol–water partition coefficient (Wildman–Crippen LogP) is -4.15. The maximum atomic E-state index is 13.1. The number of nitrogens with two attached hydrogens (primary N) is 1. The van der Waals surface area contributed by atoms with E-state index in [1.165, 1.54) is 31.2 Å². The second-order valence-electron chi connectivity index (χ2n) is 12.5. The predicted molar refractivity (Wildman–Crippen MR) is 177 cm³/mol. The average molecular weight is 793 g/mol. The van der Waals surface area contributed by atoms with Gasteiger partial charge in [0.15, 0.2) is 12.6 Å². The van der Waals surface area contributed by atoms with Crippen LogP contribution in [-0.4, -0.2) is 164 Å². The van der Waals surface area contributed by atoms with Crippen LogP contribution in [0.4, 0.5) is 0 Å². The van der Waals surface area contributed by atoms with Crippen molar-refractivity contribution in [2.45, 2.75) is 99.0 Å². The van der Waals surface area contributed by atoms with E-state index in [1.807, 2.05) is 6.07 Å². The molecule has 54 heavy (non-hydrogen) atoms. The quantitative estimate of drug-likeness (QED) is 0.0760. The number of rotatable bonds is 11. The number of nitrogens with one attached hydrogen (secondary N) is 1. The molecule has 22 heteroatoms. The van der Waals surface area contributed by atoms with Crippen LogP contribution in [0.25, 0.3) is 0 Å². The number of aliphatic hydroxyl groups is 8. The Bertz CT molecular complexity index is 1630. The van der Waals surface area contributed by atoms with Crippen LogP contribution >= 0.6 is 0 Å². The third-order valence-corrected chi connectivity index (χ3v) is 9.19. The van der Waals surface area contributed by atoms with Crippen LogP contribution in [-0.2, 0) is 38.3 Å². The fourth-order valence-corrected chi connectivity index (χ4v) is 6.34. The van der Waals surface area contributed by atoms with Crippen LogP contribution < -0.4 is 11.1 Å². The van der Waals surface area contributed by atoms with Crippen molar-refractivity contribution in [2.24, 2.45) is 5.73 Å². The van der Waals surface area contributed by atoms with Gasteiger partial charge in [0, 0.05) is 17.5 Å². The summed E-state index contributed by atoms with van der Waals surface area (Å²) in [5, 5.41) is 86.1. The summed E-state index contributed by atoms with van der Waals surface area (Å²) in [6, 6.07) is 16.1. The van der Waals surface area contributed by atoms with Crippen molar-refractivity contribution in [2.75, 3.05) is 13.2 Å². The smallest absolute Gasteiger partial charge is 0.394 e. The topological polar surface area (TPSA) is 344 Å². The molecule has 5 rings (SSSR count). The SMILES string of the molecule is C[C@@H]1O[C@@H](O[C@H]2[C@H](O[C@H]3C[C@@H](OS(=O)(=O)O)[C@@H](O)[C@@H](CO)O3)[C@@H](CO)O[C@@H](O)[C@@]2(O)NC(=O)c2ccccc2)[C@@H](O)[C@H](O)[C@@H]1O.NC(=O)c1ccccc1. The van der Waals surface area contributed by atoms with Crippen LogP contribution in [0.15, 0.2) is 60.7 Å². The summed E-state index contributed by atoms with van der Waals surface area (Å²) in [6.45, 7) is -0.513. The van der Waals surface area contributed by atoms with E-state index in [0.29, 0.717) is 5.56 Å².